The highest BCUT2D eigenvalue weighted by molar-refractivity contribution is 7.89. The Hall–Kier alpha value is -3.31. The van der Waals surface area contributed by atoms with Gasteiger partial charge in [-0.1, -0.05) is 30.3 Å². The summed E-state index contributed by atoms with van der Waals surface area (Å²) in [5.74, 6) is 0.253. The van der Waals surface area contributed by atoms with E-state index in [0.717, 1.165) is 5.56 Å². The molecule has 3 aromatic carbocycles. The highest BCUT2D eigenvalue weighted by Gasteiger charge is 2.14. The van der Waals surface area contributed by atoms with E-state index in [0.29, 0.717) is 36.8 Å². The molecule has 0 heterocycles. The average Bonchev–Trinajstić information content (AvgIpc) is 2.87. The SMILES string of the molecule is CCOCCOc1ccc(C(=O)NC(=S)Nc2ccc(S(=O)(=O)NCc3ccccc3)cc2)cc1. The molecule has 0 bridgehead atoms. The summed E-state index contributed by atoms with van der Waals surface area (Å²) in [6.45, 7) is 3.66. The predicted octanol–water partition coefficient (Wildman–Crippen LogP) is 3.71. The van der Waals surface area contributed by atoms with Gasteiger partial charge in [-0.25, -0.2) is 13.1 Å². The van der Waals surface area contributed by atoms with Gasteiger partial charge in [-0.2, -0.15) is 0 Å². The molecule has 0 aliphatic carbocycles. The number of hydrogen-bond donors (Lipinski definition) is 3. The quantitative estimate of drug-likeness (QED) is 0.265. The van der Waals surface area contributed by atoms with Crippen LogP contribution in [0.5, 0.6) is 5.75 Å². The average molecular weight is 514 g/mol. The molecule has 0 aliphatic heterocycles. The third kappa shape index (κ3) is 8.45. The number of benzene rings is 3. The Morgan fingerprint density at radius 2 is 1.60 bits per heavy atom. The van der Waals surface area contributed by atoms with E-state index in [2.05, 4.69) is 15.4 Å². The molecule has 8 nitrogen and oxygen atoms in total. The van der Waals surface area contributed by atoms with E-state index < -0.39 is 10.0 Å². The Labute approximate surface area is 210 Å². The molecule has 0 spiro atoms. The fourth-order valence-electron chi connectivity index (χ4n) is 2.98. The molecule has 0 aromatic heterocycles. The molecule has 3 rings (SSSR count). The second-order valence-corrected chi connectivity index (χ2v) is 9.49. The fourth-order valence-corrected chi connectivity index (χ4v) is 4.21. The molecule has 3 N–H and O–H groups in total. The number of hydrogen-bond acceptors (Lipinski definition) is 6. The lowest BCUT2D eigenvalue weighted by Crippen LogP contribution is -2.34. The van der Waals surface area contributed by atoms with Gasteiger partial charge >= 0.3 is 0 Å². The van der Waals surface area contributed by atoms with Crippen LogP contribution in [0.2, 0.25) is 0 Å². The normalized spacial score (nSPS) is 11.0. The van der Waals surface area contributed by atoms with Crippen LogP contribution < -0.4 is 20.1 Å². The van der Waals surface area contributed by atoms with Crippen molar-refractivity contribution in [1.29, 1.82) is 0 Å². The summed E-state index contributed by atoms with van der Waals surface area (Å²) >= 11 is 5.21. The highest BCUT2D eigenvalue weighted by Crippen LogP contribution is 2.15. The lowest BCUT2D eigenvalue weighted by Gasteiger charge is -2.11. The van der Waals surface area contributed by atoms with Gasteiger partial charge in [0.15, 0.2) is 5.11 Å². The summed E-state index contributed by atoms with van der Waals surface area (Å²) in [4.78, 5) is 12.6. The number of rotatable bonds is 11. The third-order valence-corrected chi connectivity index (χ3v) is 6.40. The Morgan fingerprint density at radius 1 is 0.914 bits per heavy atom. The molecule has 0 atom stereocenters. The minimum Gasteiger partial charge on any atom is -0.491 e. The van der Waals surface area contributed by atoms with Crippen molar-refractivity contribution in [3.05, 3.63) is 90.0 Å². The number of anilines is 1. The van der Waals surface area contributed by atoms with E-state index in [1.165, 1.54) is 12.1 Å². The molecule has 0 aliphatic rings. The number of ether oxygens (including phenoxy) is 2. The van der Waals surface area contributed by atoms with Crippen LogP contribution in [0.4, 0.5) is 5.69 Å². The number of nitrogens with one attached hydrogen (secondary N) is 3. The Bertz CT molecular complexity index is 1220. The third-order valence-electron chi connectivity index (χ3n) is 4.78. The molecule has 0 saturated carbocycles. The van der Waals surface area contributed by atoms with E-state index in [9.17, 15) is 13.2 Å². The first-order valence-corrected chi connectivity index (χ1v) is 12.8. The van der Waals surface area contributed by atoms with Crippen LogP contribution in [0.1, 0.15) is 22.8 Å². The molecule has 0 radical (unpaired) electrons. The van der Waals surface area contributed by atoms with E-state index in [4.69, 9.17) is 21.7 Å². The molecule has 1 amide bonds. The van der Waals surface area contributed by atoms with E-state index >= 15 is 0 Å². The van der Waals surface area contributed by atoms with Gasteiger partial charge in [0.05, 0.1) is 11.5 Å². The van der Waals surface area contributed by atoms with Gasteiger partial charge in [-0.3, -0.25) is 10.1 Å². The minimum atomic E-state index is -3.67. The first-order chi connectivity index (χ1) is 16.9. The van der Waals surface area contributed by atoms with Crippen LogP contribution in [0.25, 0.3) is 0 Å². The van der Waals surface area contributed by atoms with E-state index in [-0.39, 0.29) is 22.5 Å². The van der Waals surface area contributed by atoms with Crippen molar-refractivity contribution in [3.63, 3.8) is 0 Å². The summed E-state index contributed by atoms with van der Waals surface area (Å²) in [6.07, 6.45) is 0. The molecule has 10 heteroatoms. The van der Waals surface area contributed by atoms with Crippen LogP contribution in [-0.4, -0.2) is 39.3 Å². The van der Waals surface area contributed by atoms with Crippen molar-refractivity contribution in [2.75, 3.05) is 25.1 Å². The van der Waals surface area contributed by atoms with Gasteiger partial charge in [0.2, 0.25) is 10.0 Å². The van der Waals surface area contributed by atoms with Crippen LogP contribution in [-0.2, 0) is 21.3 Å². The number of carbonyl (C=O) groups is 1. The van der Waals surface area contributed by atoms with Crippen molar-refractivity contribution in [1.82, 2.24) is 10.0 Å². The second-order valence-electron chi connectivity index (χ2n) is 7.31. The number of carbonyl (C=O) groups excluding carboxylic acids is 1. The number of amides is 1. The van der Waals surface area contributed by atoms with Gasteiger partial charge in [0.25, 0.3) is 5.91 Å². The number of sulfonamides is 1. The Morgan fingerprint density at radius 3 is 2.26 bits per heavy atom. The maximum absolute atomic E-state index is 12.5. The molecule has 0 saturated heterocycles. The van der Waals surface area contributed by atoms with Crippen LogP contribution >= 0.6 is 12.2 Å². The summed E-state index contributed by atoms with van der Waals surface area (Å²) in [6, 6.07) is 22.0. The fraction of sp³-hybridized carbons (Fsp3) is 0.200. The molecule has 3 aromatic rings. The Balaban J connectivity index is 1.49. The van der Waals surface area contributed by atoms with Crippen molar-refractivity contribution < 1.29 is 22.7 Å². The zero-order chi connectivity index (χ0) is 25.1. The highest BCUT2D eigenvalue weighted by atomic mass is 32.2. The van der Waals surface area contributed by atoms with Crippen LogP contribution in [0.3, 0.4) is 0 Å². The maximum Gasteiger partial charge on any atom is 0.257 e. The monoisotopic (exact) mass is 513 g/mol. The van der Waals surface area contributed by atoms with Crippen molar-refractivity contribution in [2.24, 2.45) is 0 Å². The smallest absolute Gasteiger partial charge is 0.257 e. The first-order valence-electron chi connectivity index (χ1n) is 10.9. The summed E-state index contributed by atoms with van der Waals surface area (Å²) < 4.78 is 38.4. The van der Waals surface area contributed by atoms with Gasteiger partial charge in [0.1, 0.15) is 12.4 Å². The van der Waals surface area contributed by atoms with Crippen LogP contribution in [0.15, 0.2) is 83.8 Å². The van der Waals surface area contributed by atoms with Gasteiger partial charge in [0, 0.05) is 24.4 Å². The van der Waals surface area contributed by atoms with Crippen molar-refractivity contribution >= 4 is 38.9 Å². The zero-order valence-corrected chi connectivity index (χ0v) is 20.8. The van der Waals surface area contributed by atoms with Gasteiger partial charge < -0.3 is 14.8 Å². The topological polar surface area (TPSA) is 106 Å². The zero-order valence-electron chi connectivity index (χ0n) is 19.2. The molecular weight excluding hydrogens is 486 g/mol. The summed E-state index contributed by atoms with van der Waals surface area (Å²) in [7, 11) is -3.67. The molecule has 0 unspecified atom stereocenters. The maximum atomic E-state index is 12.5. The predicted molar refractivity (Wildman–Crippen MR) is 139 cm³/mol. The molecule has 0 fully saturated rings. The largest absolute Gasteiger partial charge is 0.491 e. The van der Waals surface area contributed by atoms with E-state index in [1.807, 2.05) is 37.3 Å². The second kappa shape index (κ2) is 13.0. The van der Waals surface area contributed by atoms with Crippen molar-refractivity contribution in [2.45, 2.75) is 18.4 Å². The molecular formula is C25H27N3O5S2. The number of thiocarbonyl (C=S) groups is 1. The summed E-state index contributed by atoms with van der Waals surface area (Å²) in [5.41, 5.74) is 1.81. The van der Waals surface area contributed by atoms with Gasteiger partial charge in [-0.05, 0) is 73.2 Å². The lowest BCUT2D eigenvalue weighted by molar-refractivity contribution is 0.0977. The van der Waals surface area contributed by atoms with Crippen LogP contribution in [0, 0.1) is 0 Å². The van der Waals surface area contributed by atoms with Gasteiger partial charge in [-0.15, -0.1) is 0 Å². The van der Waals surface area contributed by atoms with E-state index in [1.54, 1.807) is 36.4 Å². The molecule has 184 valence electrons. The first kappa shape index (κ1) is 26.3. The Kier molecular flexibility index (Phi) is 9.74. The van der Waals surface area contributed by atoms with Crippen molar-refractivity contribution in [3.8, 4) is 5.75 Å². The standard InChI is InChI=1S/C25H27N3O5S2/c1-2-32-16-17-33-22-12-8-20(9-13-22)24(29)28-25(34)27-21-10-14-23(15-11-21)35(30,31)26-18-19-6-4-3-5-7-19/h3-15,26H,2,16-18H2,1H3,(H2,27,28,29,34). The minimum absolute atomic E-state index is 0.0878. The lowest BCUT2D eigenvalue weighted by atomic mass is 10.2. The summed E-state index contributed by atoms with van der Waals surface area (Å²) in [5, 5.41) is 5.56. The molecule has 35 heavy (non-hydrogen) atoms.